The molecule has 0 spiro atoms. The third kappa shape index (κ3) is 4.78. The fourth-order valence-electron chi connectivity index (χ4n) is 1.53. The van der Waals surface area contributed by atoms with E-state index in [4.69, 9.17) is 4.74 Å². The fourth-order valence-corrected chi connectivity index (χ4v) is 1.53. The van der Waals surface area contributed by atoms with Crippen molar-refractivity contribution in [2.24, 2.45) is 0 Å². The van der Waals surface area contributed by atoms with Crippen molar-refractivity contribution in [1.82, 2.24) is 4.90 Å². The number of carbonyl (C=O) groups excluding carboxylic acids is 2. The average Bonchev–Trinajstić information content (AvgIpc) is 2.75. The number of nitrogens with zero attached hydrogens (tertiary/aromatic N) is 1. The summed E-state index contributed by atoms with van der Waals surface area (Å²) in [7, 11) is 1.26. The van der Waals surface area contributed by atoms with Crippen LogP contribution in [0.4, 0.5) is 0 Å². The maximum atomic E-state index is 11.2. The lowest BCUT2D eigenvalue weighted by atomic mass is 10.4. The molecule has 0 aromatic heterocycles. The molecule has 0 radical (unpaired) electrons. The number of rotatable bonds is 5. The molecule has 1 fully saturated rings. The van der Waals surface area contributed by atoms with Crippen molar-refractivity contribution >= 4 is 11.9 Å². The number of esters is 2. The van der Waals surface area contributed by atoms with Gasteiger partial charge in [0.15, 0.2) is 6.61 Å². The van der Waals surface area contributed by atoms with Gasteiger partial charge in [0.2, 0.25) is 0 Å². The summed E-state index contributed by atoms with van der Waals surface area (Å²) in [6.07, 6.45) is 2.76. The summed E-state index contributed by atoms with van der Waals surface area (Å²) in [4.78, 5) is 24.1. The van der Waals surface area contributed by atoms with E-state index in [1.54, 1.807) is 0 Å². The quantitative estimate of drug-likeness (QED) is 0.613. The topological polar surface area (TPSA) is 55.8 Å². The van der Waals surface area contributed by atoms with Crippen molar-refractivity contribution in [3.63, 3.8) is 0 Å². The number of methoxy groups -OCH3 is 1. The van der Waals surface area contributed by atoms with Crippen molar-refractivity contribution in [3.05, 3.63) is 0 Å². The number of likely N-dealkylation sites (tertiary alicyclic amines) is 1. The normalized spacial score (nSPS) is 16.3. The molecule has 1 aliphatic rings. The van der Waals surface area contributed by atoms with Crippen LogP contribution in [0.1, 0.15) is 19.3 Å². The van der Waals surface area contributed by atoms with Crippen LogP contribution in [0.25, 0.3) is 0 Å². The van der Waals surface area contributed by atoms with Crippen LogP contribution in [-0.2, 0) is 19.1 Å². The molecular weight excluding hydrogens is 198 g/mol. The fraction of sp³-hybridized carbons (Fsp3) is 0.800. The second-order valence-corrected chi connectivity index (χ2v) is 3.54. The minimum atomic E-state index is -0.524. The predicted octanol–water partition coefficient (Wildman–Crippen LogP) is 0.188. The number of hydrogen-bond acceptors (Lipinski definition) is 5. The molecule has 0 saturated carbocycles. The molecular formula is C10H17NO4. The number of hydrogen-bond donors (Lipinski definition) is 0. The second kappa shape index (κ2) is 6.40. The van der Waals surface area contributed by atoms with Gasteiger partial charge in [-0.15, -0.1) is 0 Å². The van der Waals surface area contributed by atoms with E-state index in [0.717, 1.165) is 19.6 Å². The van der Waals surface area contributed by atoms with Crippen LogP contribution in [0.2, 0.25) is 0 Å². The van der Waals surface area contributed by atoms with E-state index in [1.165, 1.54) is 20.0 Å². The molecule has 0 aliphatic carbocycles. The first-order valence-corrected chi connectivity index (χ1v) is 5.17. The van der Waals surface area contributed by atoms with Crippen LogP contribution in [-0.4, -0.2) is 50.2 Å². The maximum Gasteiger partial charge on any atom is 0.344 e. The molecule has 1 saturated heterocycles. The van der Waals surface area contributed by atoms with E-state index in [2.05, 4.69) is 9.64 Å². The third-order valence-corrected chi connectivity index (χ3v) is 2.41. The van der Waals surface area contributed by atoms with Crippen LogP contribution in [0, 0.1) is 0 Å². The highest BCUT2D eigenvalue weighted by Crippen LogP contribution is 2.07. The Hall–Kier alpha value is -1.10. The summed E-state index contributed by atoms with van der Waals surface area (Å²) in [6, 6.07) is 0. The monoisotopic (exact) mass is 215 g/mol. The van der Waals surface area contributed by atoms with Crippen LogP contribution < -0.4 is 0 Å². The molecule has 1 rings (SSSR count). The van der Waals surface area contributed by atoms with Gasteiger partial charge >= 0.3 is 11.9 Å². The zero-order chi connectivity index (χ0) is 11.1. The Morgan fingerprint density at radius 1 is 1.20 bits per heavy atom. The van der Waals surface area contributed by atoms with Crippen LogP contribution in [0.5, 0.6) is 0 Å². The molecule has 0 bridgehead atoms. The van der Waals surface area contributed by atoms with Gasteiger partial charge in [0, 0.05) is 6.54 Å². The van der Waals surface area contributed by atoms with E-state index in [1.807, 2.05) is 0 Å². The first-order chi connectivity index (χ1) is 7.22. The molecule has 15 heavy (non-hydrogen) atoms. The zero-order valence-corrected chi connectivity index (χ0v) is 9.03. The van der Waals surface area contributed by atoms with E-state index in [9.17, 15) is 9.59 Å². The number of carbonyl (C=O) groups is 2. The molecule has 0 aromatic rings. The summed E-state index contributed by atoms with van der Waals surface area (Å²) < 4.78 is 9.07. The highest BCUT2D eigenvalue weighted by atomic mass is 16.6. The molecule has 0 atom stereocenters. The van der Waals surface area contributed by atoms with Crippen molar-refractivity contribution in [2.75, 3.05) is 33.4 Å². The Morgan fingerprint density at radius 2 is 1.87 bits per heavy atom. The van der Waals surface area contributed by atoms with Gasteiger partial charge in [-0.1, -0.05) is 0 Å². The van der Waals surface area contributed by atoms with Crippen molar-refractivity contribution in [1.29, 1.82) is 0 Å². The molecule has 0 amide bonds. The molecule has 0 aromatic carbocycles. The van der Waals surface area contributed by atoms with Gasteiger partial charge in [0.1, 0.15) is 0 Å². The van der Waals surface area contributed by atoms with Gasteiger partial charge in [-0.2, -0.15) is 0 Å². The Labute approximate surface area is 89.3 Å². The smallest absolute Gasteiger partial charge is 0.344 e. The Kier molecular flexibility index (Phi) is 5.10. The zero-order valence-electron chi connectivity index (χ0n) is 9.03. The highest BCUT2D eigenvalue weighted by Gasteiger charge is 2.14. The average molecular weight is 215 g/mol. The van der Waals surface area contributed by atoms with Gasteiger partial charge in [0.25, 0.3) is 0 Å². The standard InChI is InChI=1S/C10H17NO4/c1-14-10(13)8-15-9(12)4-7-11-5-2-3-6-11/h2-8H2,1H3. The Balaban J connectivity index is 2.05. The molecule has 0 unspecified atom stereocenters. The summed E-state index contributed by atoms with van der Waals surface area (Å²) in [5, 5.41) is 0. The summed E-state index contributed by atoms with van der Waals surface area (Å²) in [5.41, 5.74) is 0. The lowest BCUT2D eigenvalue weighted by molar-refractivity contribution is -0.157. The van der Waals surface area contributed by atoms with Gasteiger partial charge in [0.05, 0.1) is 13.5 Å². The SMILES string of the molecule is COC(=O)COC(=O)CCN1CCCC1. The van der Waals surface area contributed by atoms with E-state index < -0.39 is 5.97 Å². The second-order valence-electron chi connectivity index (χ2n) is 3.54. The van der Waals surface area contributed by atoms with Gasteiger partial charge in [-0.25, -0.2) is 4.79 Å². The summed E-state index contributed by atoms with van der Waals surface area (Å²) in [5.74, 6) is -0.864. The van der Waals surface area contributed by atoms with Crippen molar-refractivity contribution in [3.8, 4) is 0 Å². The number of ether oxygens (including phenoxy) is 2. The lowest BCUT2D eigenvalue weighted by Gasteiger charge is -2.13. The van der Waals surface area contributed by atoms with Gasteiger partial charge in [-0.3, -0.25) is 4.79 Å². The maximum absolute atomic E-state index is 11.2. The largest absolute Gasteiger partial charge is 0.466 e. The summed E-state index contributed by atoms with van der Waals surface area (Å²) >= 11 is 0. The first kappa shape index (κ1) is 12.0. The first-order valence-electron chi connectivity index (χ1n) is 5.17. The molecule has 0 N–H and O–H groups in total. The van der Waals surface area contributed by atoms with E-state index in [-0.39, 0.29) is 12.6 Å². The van der Waals surface area contributed by atoms with E-state index in [0.29, 0.717) is 6.42 Å². The van der Waals surface area contributed by atoms with Crippen LogP contribution in [0.3, 0.4) is 0 Å². The Bertz CT molecular complexity index is 223. The van der Waals surface area contributed by atoms with Crippen molar-refractivity contribution < 1.29 is 19.1 Å². The van der Waals surface area contributed by atoms with Crippen LogP contribution >= 0.6 is 0 Å². The molecule has 1 aliphatic heterocycles. The van der Waals surface area contributed by atoms with E-state index >= 15 is 0 Å². The lowest BCUT2D eigenvalue weighted by Crippen LogP contribution is -2.24. The minimum Gasteiger partial charge on any atom is -0.466 e. The molecule has 5 heteroatoms. The Morgan fingerprint density at radius 3 is 2.47 bits per heavy atom. The summed E-state index contributed by atoms with van der Waals surface area (Å²) in [6.45, 7) is 2.56. The van der Waals surface area contributed by atoms with Gasteiger partial charge < -0.3 is 14.4 Å². The predicted molar refractivity (Wildman–Crippen MR) is 53.3 cm³/mol. The minimum absolute atomic E-state index is 0.282. The van der Waals surface area contributed by atoms with Crippen molar-refractivity contribution in [2.45, 2.75) is 19.3 Å². The molecule has 86 valence electrons. The van der Waals surface area contributed by atoms with Gasteiger partial charge in [-0.05, 0) is 25.9 Å². The molecule has 5 nitrogen and oxygen atoms in total. The van der Waals surface area contributed by atoms with Crippen LogP contribution in [0.15, 0.2) is 0 Å². The third-order valence-electron chi connectivity index (χ3n) is 2.41. The highest BCUT2D eigenvalue weighted by molar-refractivity contribution is 5.76. The molecule has 1 heterocycles.